The Labute approximate surface area is 112 Å². The Balaban J connectivity index is 3.36. The fourth-order valence-corrected chi connectivity index (χ4v) is 2.92. The van der Waals surface area contributed by atoms with Crippen LogP contribution in [-0.4, -0.2) is 4.33 Å². The van der Waals surface area contributed by atoms with Crippen LogP contribution in [0.4, 0.5) is 0 Å². The van der Waals surface area contributed by atoms with Crippen molar-refractivity contribution in [1.29, 1.82) is 0 Å². The maximum atomic E-state index is 6.26. The van der Waals surface area contributed by atoms with Gasteiger partial charge in [-0.15, -0.1) is 23.2 Å². The summed E-state index contributed by atoms with van der Waals surface area (Å²) >= 11 is 12.5. The van der Waals surface area contributed by atoms with Crippen LogP contribution in [0.25, 0.3) is 0 Å². The average molecular weight is 267 g/mol. The molecule has 0 saturated heterocycles. The van der Waals surface area contributed by atoms with Gasteiger partial charge in [-0.05, 0) is 18.8 Å². The molecule has 0 atom stereocenters. The van der Waals surface area contributed by atoms with Crippen molar-refractivity contribution in [1.82, 2.24) is 0 Å². The van der Waals surface area contributed by atoms with Crippen molar-refractivity contribution in [3.63, 3.8) is 0 Å². The largest absolute Gasteiger partial charge is 0.118 e. The smallest absolute Gasteiger partial charge is 0.102 e. The van der Waals surface area contributed by atoms with E-state index in [9.17, 15) is 0 Å². The highest BCUT2D eigenvalue weighted by molar-refractivity contribution is 6.48. The van der Waals surface area contributed by atoms with E-state index in [1.54, 1.807) is 0 Å². The second-order valence-electron chi connectivity index (χ2n) is 5.33. The molecule has 16 heavy (non-hydrogen) atoms. The molecule has 0 amide bonds. The minimum Gasteiger partial charge on any atom is -0.102 e. The zero-order valence-corrected chi connectivity index (χ0v) is 12.7. The molecule has 0 radical (unpaired) electrons. The molecule has 0 heterocycles. The molecule has 0 rings (SSSR count). The normalized spacial score (nSPS) is 12.4. The topological polar surface area (TPSA) is 0 Å². The third-order valence-corrected chi connectivity index (χ3v) is 3.54. The fourth-order valence-electron chi connectivity index (χ4n) is 2.04. The number of hydrogen-bond acceptors (Lipinski definition) is 0. The molecule has 0 bridgehead atoms. The third kappa shape index (κ3) is 11.1. The Morgan fingerprint density at radius 1 is 0.875 bits per heavy atom. The predicted molar refractivity (Wildman–Crippen MR) is 76.5 cm³/mol. The van der Waals surface area contributed by atoms with Gasteiger partial charge in [0.05, 0.1) is 0 Å². The minimum absolute atomic E-state index is 0.489. The van der Waals surface area contributed by atoms with E-state index >= 15 is 0 Å². The Morgan fingerprint density at radius 3 is 1.88 bits per heavy atom. The summed E-state index contributed by atoms with van der Waals surface area (Å²) < 4.78 is -0.489. The van der Waals surface area contributed by atoms with Crippen LogP contribution in [-0.2, 0) is 0 Å². The Morgan fingerprint density at radius 2 is 1.38 bits per heavy atom. The maximum Gasteiger partial charge on any atom is 0.118 e. The second kappa shape index (κ2) is 9.59. The Hall–Kier alpha value is 0.580. The molecule has 0 aliphatic heterocycles. The highest BCUT2D eigenvalue weighted by Gasteiger charge is 2.24. The number of unbranched alkanes of at least 4 members (excludes halogenated alkanes) is 6. The summed E-state index contributed by atoms with van der Waals surface area (Å²) in [5.74, 6) is 0.583. The van der Waals surface area contributed by atoms with Gasteiger partial charge < -0.3 is 0 Å². The van der Waals surface area contributed by atoms with Crippen LogP contribution in [0.2, 0.25) is 0 Å². The molecule has 0 aromatic heterocycles. The first kappa shape index (κ1) is 16.6. The molecule has 0 aliphatic carbocycles. The van der Waals surface area contributed by atoms with Gasteiger partial charge >= 0.3 is 0 Å². The summed E-state index contributed by atoms with van der Waals surface area (Å²) in [6.07, 6.45) is 11.1. The van der Waals surface area contributed by atoms with E-state index < -0.39 is 4.33 Å². The van der Waals surface area contributed by atoms with E-state index in [2.05, 4.69) is 20.8 Å². The first-order valence-electron chi connectivity index (χ1n) is 6.86. The van der Waals surface area contributed by atoms with Crippen molar-refractivity contribution in [2.75, 3.05) is 0 Å². The summed E-state index contributed by atoms with van der Waals surface area (Å²) in [6, 6.07) is 0. The number of rotatable bonds is 10. The summed E-state index contributed by atoms with van der Waals surface area (Å²) in [7, 11) is 0. The van der Waals surface area contributed by atoms with Crippen molar-refractivity contribution in [2.24, 2.45) is 5.92 Å². The molecular formula is C14H28Cl2. The number of halogens is 2. The molecule has 2 heteroatoms. The lowest BCUT2D eigenvalue weighted by Gasteiger charge is -2.21. The molecule has 0 aromatic rings. The second-order valence-corrected chi connectivity index (χ2v) is 6.97. The van der Waals surface area contributed by atoms with Crippen molar-refractivity contribution in [2.45, 2.75) is 82.9 Å². The van der Waals surface area contributed by atoms with Crippen LogP contribution in [0, 0.1) is 5.92 Å². The van der Waals surface area contributed by atoms with Crippen molar-refractivity contribution < 1.29 is 0 Å². The predicted octanol–water partition coefficient (Wildman–Crippen LogP) is 6.35. The van der Waals surface area contributed by atoms with Gasteiger partial charge in [0.15, 0.2) is 0 Å². The number of hydrogen-bond donors (Lipinski definition) is 0. The monoisotopic (exact) mass is 266 g/mol. The summed E-state index contributed by atoms with van der Waals surface area (Å²) in [5, 5.41) is 0. The quantitative estimate of drug-likeness (QED) is 0.319. The van der Waals surface area contributed by atoms with E-state index in [-0.39, 0.29) is 0 Å². The van der Waals surface area contributed by atoms with Gasteiger partial charge in [-0.1, -0.05) is 65.7 Å². The highest BCUT2D eigenvalue weighted by atomic mass is 35.5. The molecule has 0 aromatic carbocycles. The van der Waals surface area contributed by atoms with E-state index in [0.717, 1.165) is 12.8 Å². The number of alkyl halides is 2. The van der Waals surface area contributed by atoms with Crippen LogP contribution in [0.15, 0.2) is 0 Å². The zero-order valence-electron chi connectivity index (χ0n) is 11.2. The summed E-state index contributed by atoms with van der Waals surface area (Å²) in [6.45, 7) is 6.59. The molecule has 0 aliphatic rings. The van der Waals surface area contributed by atoms with Crippen LogP contribution in [0.3, 0.4) is 0 Å². The van der Waals surface area contributed by atoms with Crippen molar-refractivity contribution >= 4 is 23.2 Å². The minimum atomic E-state index is -0.489. The van der Waals surface area contributed by atoms with E-state index in [1.807, 2.05) is 0 Å². The van der Waals surface area contributed by atoms with Gasteiger partial charge in [0, 0.05) is 0 Å². The average Bonchev–Trinajstić information content (AvgIpc) is 2.14. The van der Waals surface area contributed by atoms with E-state index in [4.69, 9.17) is 23.2 Å². The van der Waals surface area contributed by atoms with Gasteiger partial charge in [-0.2, -0.15) is 0 Å². The van der Waals surface area contributed by atoms with Gasteiger partial charge in [0.1, 0.15) is 4.33 Å². The SMILES string of the molecule is CCCCCCCCCC(Cl)(Cl)CC(C)C. The third-order valence-electron chi connectivity index (χ3n) is 2.85. The lowest BCUT2D eigenvalue weighted by atomic mass is 10.0. The van der Waals surface area contributed by atoms with Crippen molar-refractivity contribution in [3.05, 3.63) is 0 Å². The molecule has 0 fully saturated rings. The van der Waals surface area contributed by atoms with Crippen molar-refractivity contribution in [3.8, 4) is 0 Å². The van der Waals surface area contributed by atoms with E-state index in [0.29, 0.717) is 5.92 Å². The first-order chi connectivity index (χ1) is 7.48. The molecule has 0 unspecified atom stereocenters. The first-order valence-corrected chi connectivity index (χ1v) is 7.61. The van der Waals surface area contributed by atoms with Gasteiger partial charge in [0.2, 0.25) is 0 Å². The maximum absolute atomic E-state index is 6.26. The standard InChI is InChI=1S/C14H28Cl2/c1-4-5-6-7-8-9-10-11-14(15,16)12-13(2)3/h13H,4-12H2,1-3H3. The summed E-state index contributed by atoms with van der Waals surface area (Å²) in [4.78, 5) is 0. The van der Waals surface area contributed by atoms with Gasteiger partial charge in [-0.25, -0.2) is 0 Å². The Bertz CT molecular complexity index is 153. The summed E-state index contributed by atoms with van der Waals surface area (Å²) in [5.41, 5.74) is 0. The lowest BCUT2D eigenvalue weighted by molar-refractivity contribution is 0.485. The van der Waals surface area contributed by atoms with Gasteiger partial charge in [-0.3, -0.25) is 0 Å². The molecule has 0 nitrogen and oxygen atoms in total. The van der Waals surface area contributed by atoms with Crippen LogP contribution >= 0.6 is 23.2 Å². The molecule has 0 saturated carbocycles. The van der Waals surface area contributed by atoms with E-state index in [1.165, 1.54) is 44.9 Å². The van der Waals surface area contributed by atoms with Crippen LogP contribution < -0.4 is 0 Å². The lowest BCUT2D eigenvalue weighted by Crippen LogP contribution is -2.15. The molecule has 98 valence electrons. The fraction of sp³-hybridized carbons (Fsp3) is 1.00. The Kier molecular flexibility index (Phi) is 9.94. The van der Waals surface area contributed by atoms with Gasteiger partial charge in [0.25, 0.3) is 0 Å². The molecular weight excluding hydrogens is 239 g/mol. The molecule has 0 spiro atoms. The van der Waals surface area contributed by atoms with Crippen LogP contribution in [0.1, 0.15) is 78.6 Å². The highest BCUT2D eigenvalue weighted by Crippen LogP contribution is 2.34. The molecule has 0 N–H and O–H groups in total. The zero-order chi connectivity index (χ0) is 12.4. The van der Waals surface area contributed by atoms with Crippen LogP contribution in [0.5, 0.6) is 0 Å².